The minimum absolute atomic E-state index is 0.615. The molecule has 0 saturated heterocycles. The van der Waals surface area contributed by atoms with Crippen molar-refractivity contribution in [2.75, 3.05) is 11.5 Å². The quantitative estimate of drug-likeness (QED) is 0.865. The lowest BCUT2D eigenvalue weighted by Gasteiger charge is -2.06. The summed E-state index contributed by atoms with van der Waals surface area (Å²) in [4.78, 5) is 8.73. The summed E-state index contributed by atoms with van der Waals surface area (Å²) in [6.45, 7) is 4.21. The van der Waals surface area contributed by atoms with Crippen molar-refractivity contribution < 1.29 is 0 Å². The summed E-state index contributed by atoms with van der Waals surface area (Å²) >= 11 is 4.01. The van der Waals surface area contributed by atoms with Gasteiger partial charge in [0.1, 0.15) is 11.6 Å². The molecule has 1 rings (SSSR count). The van der Waals surface area contributed by atoms with Crippen LogP contribution >= 0.6 is 34.4 Å². The summed E-state index contributed by atoms with van der Waals surface area (Å²) in [7, 11) is 0. The molecule has 14 heavy (non-hydrogen) atoms. The van der Waals surface area contributed by atoms with E-state index in [4.69, 9.17) is 5.73 Å². The number of hydrogen-bond acceptors (Lipinski definition) is 4. The van der Waals surface area contributed by atoms with Gasteiger partial charge in [0.2, 0.25) is 0 Å². The number of anilines is 1. The Hall–Kier alpha value is -0.0400. The molecule has 3 nitrogen and oxygen atoms in total. The molecule has 0 radical (unpaired) electrons. The van der Waals surface area contributed by atoms with Crippen molar-refractivity contribution in [1.82, 2.24) is 9.97 Å². The standard InChI is InChI=1S/C9H14IN3S/c1-3-6-8(10)9(11)13-7(12-6)5-14-4-2/h3-5H2,1-2H3,(H2,11,12,13). The van der Waals surface area contributed by atoms with Gasteiger partial charge < -0.3 is 5.73 Å². The lowest BCUT2D eigenvalue weighted by atomic mass is 10.3. The van der Waals surface area contributed by atoms with E-state index >= 15 is 0 Å². The SMILES string of the molecule is CCSCc1nc(N)c(I)c(CC)n1. The first kappa shape index (κ1) is 12.0. The molecule has 0 unspecified atom stereocenters. The zero-order valence-corrected chi connectivity index (χ0v) is 11.4. The second kappa shape index (κ2) is 5.75. The maximum Gasteiger partial charge on any atom is 0.140 e. The zero-order chi connectivity index (χ0) is 10.6. The molecule has 0 saturated carbocycles. The van der Waals surface area contributed by atoms with E-state index in [1.165, 1.54) is 0 Å². The molecule has 0 aliphatic carbocycles. The van der Waals surface area contributed by atoms with Crippen LogP contribution in [0.1, 0.15) is 25.4 Å². The van der Waals surface area contributed by atoms with Crippen LogP contribution in [-0.4, -0.2) is 15.7 Å². The van der Waals surface area contributed by atoms with Crippen LogP contribution in [0.15, 0.2) is 0 Å². The molecule has 0 bridgehead atoms. The third-order valence-corrected chi connectivity index (χ3v) is 3.81. The monoisotopic (exact) mass is 323 g/mol. The van der Waals surface area contributed by atoms with Crippen molar-refractivity contribution >= 4 is 40.2 Å². The number of rotatable bonds is 4. The van der Waals surface area contributed by atoms with Gasteiger partial charge in [-0.3, -0.25) is 0 Å². The van der Waals surface area contributed by atoms with Crippen LogP contribution in [0.3, 0.4) is 0 Å². The molecule has 5 heteroatoms. The first-order valence-corrected chi connectivity index (χ1v) is 6.80. The second-order valence-corrected chi connectivity index (χ2v) is 5.13. The number of nitrogens with two attached hydrogens (primary N) is 1. The van der Waals surface area contributed by atoms with Gasteiger partial charge in [-0.2, -0.15) is 11.8 Å². The van der Waals surface area contributed by atoms with Gasteiger partial charge in [-0.1, -0.05) is 13.8 Å². The molecule has 0 aromatic carbocycles. The van der Waals surface area contributed by atoms with Gasteiger partial charge in [0.15, 0.2) is 0 Å². The van der Waals surface area contributed by atoms with Crippen molar-refractivity contribution in [3.63, 3.8) is 0 Å². The summed E-state index contributed by atoms with van der Waals surface area (Å²) < 4.78 is 0.996. The molecule has 0 fully saturated rings. The molecule has 78 valence electrons. The van der Waals surface area contributed by atoms with Crippen LogP contribution in [0.2, 0.25) is 0 Å². The van der Waals surface area contributed by atoms with Crippen LogP contribution in [0.4, 0.5) is 5.82 Å². The number of aryl methyl sites for hydroxylation is 1. The Bertz CT molecular complexity index is 317. The predicted octanol–water partition coefficient (Wildman–Crippen LogP) is 2.48. The number of hydrogen-bond donors (Lipinski definition) is 1. The Morgan fingerprint density at radius 2 is 2.07 bits per heavy atom. The highest BCUT2D eigenvalue weighted by molar-refractivity contribution is 14.1. The third-order valence-electron chi connectivity index (χ3n) is 1.76. The maximum absolute atomic E-state index is 5.80. The van der Waals surface area contributed by atoms with Gasteiger partial charge >= 0.3 is 0 Å². The molecule has 0 spiro atoms. The highest BCUT2D eigenvalue weighted by Gasteiger charge is 2.07. The van der Waals surface area contributed by atoms with E-state index in [0.717, 1.165) is 33.0 Å². The van der Waals surface area contributed by atoms with E-state index in [-0.39, 0.29) is 0 Å². The minimum Gasteiger partial charge on any atom is -0.383 e. The van der Waals surface area contributed by atoms with Gasteiger partial charge in [-0.25, -0.2) is 9.97 Å². The summed E-state index contributed by atoms with van der Waals surface area (Å²) in [5.41, 5.74) is 6.86. The third kappa shape index (κ3) is 2.98. The van der Waals surface area contributed by atoms with Gasteiger partial charge in [0.05, 0.1) is 15.0 Å². The van der Waals surface area contributed by atoms with Crippen LogP contribution in [-0.2, 0) is 12.2 Å². The Morgan fingerprint density at radius 1 is 1.36 bits per heavy atom. The average molecular weight is 323 g/mol. The molecular formula is C9H14IN3S. The number of aromatic nitrogens is 2. The van der Waals surface area contributed by atoms with E-state index in [1.807, 2.05) is 11.8 Å². The highest BCUT2D eigenvalue weighted by atomic mass is 127. The first-order valence-electron chi connectivity index (χ1n) is 4.57. The van der Waals surface area contributed by atoms with E-state index in [9.17, 15) is 0 Å². The van der Waals surface area contributed by atoms with Gasteiger partial charge in [0.25, 0.3) is 0 Å². The lowest BCUT2D eigenvalue weighted by molar-refractivity contribution is 0.933. The summed E-state index contributed by atoms with van der Waals surface area (Å²) in [5, 5.41) is 0. The summed E-state index contributed by atoms with van der Waals surface area (Å²) in [5.74, 6) is 3.40. The topological polar surface area (TPSA) is 51.8 Å². The van der Waals surface area contributed by atoms with E-state index in [2.05, 4.69) is 46.4 Å². The molecule has 1 aromatic rings. The van der Waals surface area contributed by atoms with E-state index in [1.54, 1.807) is 0 Å². The number of nitrogens with zero attached hydrogens (tertiary/aromatic N) is 2. The summed E-state index contributed by atoms with van der Waals surface area (Å²) in [6, 6.07) is 0. The largest absolute Gasteiger partial charge is 0.383 e. The van der Waals surface area contributed by atoms with Crippen LogP contribution in [0, 0.1) is 3.57 Å². The molecule has 0 amide bonds. The average Bonchev–Trinajstić information content (AvgIpc) is 2.19. The van der Waals surface area contributed by atoms with Gasteiger partial charge in [0, 0.05) is 0 Å². The normalized spacial score (nSPS) is 10.5. The van der Waals surface area contributed by atoms with Crippen LogP contribution in [0.5, 0.6) is 0 Å². The lowest BCUT2D eigenvalue weighted by Crippen LogP contribution is -2.06. The minimum atomic E-state index is 0.615. The molecule has 0 atom stereocenters. The fraction of sp³-hybridized carbons (Fsp3) is 0.556. The Morgan fingerprint density at radius 3 is 2.64 bits per heavy atom. The van der Waals surface area contributed by atoms with Crippen molar-refractivity contribution in [2.24, 2.45) is 0 Å². The van der Waals surface area contributed by atoms with Crippen LogP contribution in [0.25, 0.3) is 0 Å². The number of thioether (sulfide) groups is 1. The van der Waals surface area contributed by atoms with E-state index < -0.39 is 0 Å². The fourth-order valence-corrected chi connectivity index (χ4v) is 2.20. The Kier molecular flexibility index (Phi) is 4.94. The fourth-order valence-electron chi connectivity index (χ4n) is 1.06. The number of nitrogen functional groups attached to an aromatic ring is 1. The molecule has 2 N–H and O–H groups in total. The van der Waals surface area contributed by atoms with Crippen molar-refractivity contribution in [2.45, 2.75) is 26.0 Å². The van der Waals surface area contributed by atoms with Gasteiger partial charge in [-0.05, 0) is 34.8 Å². The van der Waals surface area contributed by atoms with Gasteiger partial charge in [-0.15, -0.1) is 0 Å². The zero-order valence-electron chi connectivity index (χ0n) is 8.38. The maximum atomic E-state index is 5.80. The summed E-state index contributed by atoms with van der Waals surface area (Å²) in [6.07, 6.45) is 0.911. The molecule has 0 aliphatic heterocycles. The van der Waals surface area contributed by atoms with Crippen LogP contribution < -0.4 is 5.73 Å². The second-order valence-electron chi connectivity index (χ2n) is 2.78. The smallest absolute Gasteiger partial charge is 0.140 e. The molecule has 1 aromatic heterocycles. The molecule has 1 heterocycles. The Labute approximate surface area is 102 Å². The predicted molar refractivity (Wildman–Crippen MR) is 70.4 cm³/mol. The van der Waals surface area contributed by atoms with E-state index in [0.29, 0.717) is 5.82 Å². The highest BCUT2D eigenvalue weighted by Crippen LogP contribution is 2.18. The molecular weight excluding hydrogens is 309 g/mol. The van der Waals surface area contributed by atoms with Crippen molar-refractivity contribution in [3.8, 4) is 0 Å². The molecule has 0 aliphatic rings. The Balaban J connectivity index is 2.91. The number of halogens is 1. The first-order chi connectivity index (χ1) is 6.69. The van der Waals surface area contributed by atoms with Crippen molar-refractivity contribution in [1.29, 1.82) is 0 Å². The van der Waals surface area contributed by atoms with Crippen molar-refractivity contribution in [3.05, 3.63) is 15.1 Å².